The van der Waals surface area contributed by atoms with Crippen LogP contribution < -0.4 is 10.6 Å². The lowest BCUT2D eigenvalue weighted by Gasteiger charge is -2.27. The standard InChI is InChI=1S/C26H31F2N7O2S/c1-34-22(10-18(33-34)24(27)28)31-26-32-30-13-35(26)16-7-8-20-17(9-16)23(25(37)29-12-14-3-2-4-14)21(38-20)11-19(36)15-5-6-15/h10,13-16,24H,2-9,11-12H2,1H3,(H,29,37)(H,31,32)/t16-/m0/s1. The molecule has 2 saturated carbocycles. The summed E-state index contributed by atoms with van der Waals surface area (Å²) in [5.74, 6) is 1.66. The number of alkyl halides is 2. The smallest absolute Gasteiger partial charge is 0.282 e. The maximum atomic E-state index is 13.5. The van der Waals surface area contributed by atoms with Gasteiger partial charge in [-0.25, -0.2) is 8.78 Å². The number of ketones is 1. The second kappa shape index (κ2) is 10.2. The molecule has 0 saturated heterocycles. The molecule has 0 bridgehead atoms. The molecule has 6 rings (SSSR count). The largest absolute Gasteiger partial charge is 0.352 e. The Labute approximate surface area is 223 Å². The highest BCUT2D eigenvalue weighted by Gasteiger charge is 2.35. The fraction of sp³-hybridized carbons (Fsp3) is 0.577. The lowest BCUT2D eigenvalue weighted by Crippen LogP contribution is -2.33. The van der Waals surface area contributed by atoms with Crippen LogP contribution in [0.5, 0.6) is 0 Å². The van der Waals surface area contributed by atoms with Gasteiger partial charge in [-0.15, -0.1) is 21.5 Å². The van der Waals surface area contributed by atoms with Crippen LogP contribution in [0.25, 0.3) is 0 Å². The summed E-state index contributed by atoms with van der Waals surface area (Å²) in [6, 6.07) is 1.28. The van der Waals surface area contributed by atoms with E-state index in [1.165, 1.54) is 22.0 Å². The molecule has 3 aromatic rings. The Morgan fingerprint density at radius 3 is 2.71 bits per heavy atom. The van der Waals surface area contributed by atoms with E-state index in [0.29, 0.717) is 42.6 Å². The Bertz CT molecular complexity index is 1360. The molecule has 0 aliphatic heterocycles. The van der Waals surface area contributed by atoms with Crippen molar-refractivity contribution in [1.29, 1.82) is 0 Å². The number of thiophene rings is 1. The first-order valence-corrected chi connectivity index (χ1v) is 14.1. The van der Waals surface area contributed by atoms with Gasteiger partial charge in [0.2, 0.25) is 5.95 Å². The second-order valence-corrected chi connectivity index (χ2v) is 11.9. The molecular formula is C26H31F2N7O2S. The quantitative estimate of drug-likeness (QED) is 0.389. The Balaban J connectivity index is 1.25. The average molecular weight is 544 g/mol. The van der Waals surface area contributed by atoms with Crippen molar-refractivity contribution in [2.24, 2.45) is 18.9 Å². The molecule has 3 heterocycles. The topological polar surface area (TPSA) is 107 Å². The lowest BCUT2D eigenvalue weighted by molar-refractivity contribution is -0.119. The third-order valence-corrected chi connectivity index (χ3v) is 9.30. The minimum absolute atomic E-state index is 0.0254. The van der Waals surface area contributed by atoms with Crippen molar-refractivity contribution >= 4 is 34.8 Å². The summed E-state index contributed by atoms with van der Waals surface area (Å²) >= 11 is 1.61. The van der Waals surface area contributed by atoms with Gasteiger partial charge in [0.1, 0.15) is 23.6 Å². The van der Waals surface area contributed by atoms with Gasteiger partial charge >= 0.3 is 0 Å². The molecule has 2 fully saturated rings. The Morgan fingerprint density at radius 2 is 2.03 bits per heavy atom. The predicted molar refractivity (Wildman–Crippen MR) is 138 cm³/mol. The molecule has 1 atom stereocenters. The number of nitrogens with one attached hydrogen (secondary N) is 2. The van der Waals surface area contributed by atoms with Gasteiger partial charge in [-0.1, -0.05) is 6.42 Å². The number of Topliss-reactive ketones (excluding diaryl/α,β-unsaturated/α-hetero) is 1. The van der Waals surface area contributed by atoms with Crippen LogP contribution >= 0.6 is 11.3 Å². The molecule has 0 radical (unpaired) electrons. The summed E-state index contributed by atoms with van der Waals surface area (Å²) in [7, 11) is 1.59. The molecule has 38 heavy (non-hydrogen) atoms. The molecular weight excluding hydrogens is 512 g/mol. The Kier molecular flexibility index (Phi) is 6.75. The number of carbonyl (C=O) groups is 2. The van der Waals surface area contributed by atoms with E-state index in [4.69, 9.17) is 0 Å². The van der Waals surface area contributed by atoms with Crippen molar-refractivity contribution in [3.8, 4) is 0 Å². The van der Waals surface area contributed by atoms with Crippen molar-refractivity contribution in [2.75, 3.05) is 11.9 Å². The molecule has 1 amide bonds. The molecule has 0 unspecified atom stereocenters. The lowest BCUT2D eigenvalue weighted by atomic mass is 9.85. The number of nitrogens with zero attached hydrogens (tertiary/aromatic N) is 5. The molecule has 202 valence electrons. The first kappa shape index (κ1) is 25.1. The first-order chi connectivity index (χ1) is 18.4. The molecule has 0 aromatic carbocycles. The number of rotatable bonds is 10. The van der Waals surface area contributed by atoms with Crippen molar-refractivity contribution < 1.29 is 18.4 Å². The number of aromatic nitrogens is 5. The van der Waals surface area contributed by atoms with E-state index in [1.54, 1.807) is 24.7 Å². The molecule has 3 aliphatic carbocycles. The number of hydrogen-bond acceptors (Lipinski definition) is 7. The Hall–Kier alpha value is -3.15. The van der Waals surface area contributed by atoms with Gasteiger partial charge in [-0.3, -0.25) is 18.8 Å². The minimum atomic E-state index is -2.67. The van der Waals surface area contributed by atoms with Crippen molar-refractivity contribution in [3.05, 3.63) is 39.0 Å². The third-order valence-electron chi connectivity index (χ3n) is 8.01. The van der Waals surface area contributed by atoms with Crippen LogP contribution in [0.4, 0.5) is 20.5 Å². The number of hydrogen-bond donors (Lipinski definition) is 2. The van der Waals surface area contributed by atoms with Gasteiger partial charge in [0, 0.05) is 47.8 Å². The van der Waals surface area contributed by atoms with Gasteiger partial charge in [0.05, 0.1) is 5.56 Å². The van der Waals surface area contributed by atoms with Gasteiger partial charge in [0.25, 0.3) is 12.3 Å². The molecule has 0 spiro atoms. The average Bonchev–Trinajstić information content (AvgIpc) is 3.35. The summed E-state index contributed by atoms with van der Waals surface area (Å²) in [5, 5.41) is 18.3. The minimum Gasteiger partial charge on any atom is -0.352 e. The van der Waals surface area contributed by atoms with E-state index in [-0.39, 0.29) is 29.3 Å². The summed E-state index contributed by atoms with van der Waals surface area (Å²) in [4.78, 5) is 28.2. The number of halogens is 2. The van der Waals surface area contributed by atoms with Gasteiger partial charge < -0.3 is 10.6 Å². The van der Waals surface area contributed by atoms with Crippen molar-refractivity contribution in [1.82, 2.24) is 29.9 Å². The second-order valence-electron chi connectivity index (χ2n) is 10.7. The highest BCUT2D eigenvalue weighted by atomic mass is 32.1. The predicted octanol–water partition coefficient (Wildman–Crippen LogP) is 4.54. The number of fused-ring (bicyclic) bond motifs is 1. The summed E-state index contributed by atoms with van der Waals surface area (Å²) < 4.78 is 29.5. The van der Waals surface area contributed by atoms with Crippen LogP contribution in [0.15, 0.2) is 12.4 Å². The number of carbonyl (C=O) groups excluding carboxylic acids is 2. The normalized spacial score (nSPS) is 19.3. The van der Waals surface area contributed by atoms with Crippen LogP contribution in [0.3, 0.4) is 0 Å². The molecule has 2 N–H and O–H groups in total. The third kappa shape index (κ3) is 4.97. The van der Waals surface area contributed by atoms with E-state index >= 15 is 0 Å². The number of amides is 1. The van der Waals surface area contributed by atoms with Crippen LogP contribution in [0, 0.1) is 11.8 Å². The summed E-state index contributed by atoms with van der Waals surface area (Å²) in [6.45, 7) is 0.674. The summed E-state index contributed by atoms with van der Waals surface area (Å²) in [6.07, 6.45) is 6.91. The monoisotopic (exact) mass is 543 g/mol. The fourth-order valence-corrected chi connectivity index (χ4v) is 6.76. The fourth-order valence-electron chi connectivity index (χ4n) is 5.40. The maximum Gasteiger partial charge on any atom is 0.282 e. The zero-order valence-electron chi connectivity index (χ0n) is 21.3. The SMILES string of the molecule is Cn1nc(C(F)F)cc1Nc1nncn1[C@H]1CCc2sc(CC(=O)C3CC3)c(C(=O)NCC3CCC3)c2C1. The van der Waals surface area contributed by atoms with Gasteiger partial charge in [-0.2, -0.15) is 5.10 Å². The molecule has 12 heteroatoms. The zero-order valence-corrected chi connectivity index (χ0v) is 22.1. The molecule has 9 nitrogen and oxygen atoms in total. The molecule has 3 aliphatic rings. The van der Waals surface area contributed by atoms with E-state index in [1.807, 2.05) is 4.57 Å². The van der Waals surface area contributed by atoms with Gasteiger partial charge in [0.15, 0.2) is 0 Å². The number of aryl methyl sites for hydroxylation is 2. The van der Waals surface area contributed by atoms with Gasteiger partial charge in [-0.05, 0) is 56.4 Å². The molecule has 3 aromatic heterocycles. The highest BCUT2D eigenvalue weighted by molar-refractivity contribution is 7.12. The van der Waals surface area contributed by atoms with Crippen LogP contribution in [-0.2, 0) is 31.1 Å². The zero-order chi connectivity index (χ0) is 26.4. The van der Waals surface area contributed by atoms with Crippen LogP contribution in [-0.4, -0.2) is 42.8 Å². The van der Waals surface area contributed by atoms with E-state index in [9.17, 15) is 18.4 Å². The van der Waals surface area contributed by atoms with Crippen LogP contribution in [0.1, 0.15) is 82.4 Å². The summed E-state index contributed by atoms with van der Waals surface area (Å²) in [5.41, 5.74) is 1.38. The van der Waals surface area contributed by atoms with E-state index in [0.717, 1.165) is 49.0 Å². The van der Waals surface area contributed by atoms with Crippen molar-refractivity contribution in [2.45, 2.75) is 70.3 Å². The first-order valence-electron chi connectivity index (χ1n) is 13.3. The number of anilines is 2. The highest BCUT2D eigenvalue weighted by Crippen LogP contribution is 2.41. The van der Waals surface area contributed by atoms with Crippen molar-refractivity contribution in [3.63, 3.8) is 0 Å². The Morgan fingerprint density at radius 1 is 1.21 bits per heavy atom. The van der Waals surface area contributed by atoms with E-state index < -0.39 is 6.43 Å². The van der Waals surface area contributed by atoms with E-state index in [2.05, 4.69) is 25.9 Å². The van der Waals surface area contributed by atoms with Crippen LogP contribution in [0.2, 0.25) is 0 Å². The maximum absolute atomic E-state index is 13.5.